The molecule has 0 unspecified atom stereocenters. The lowest BCUT2D eigenvalue weighted by molar-refractivity contribution is -0.275. The molecule has 0 atom stereocenters. The number of ether oxygens (including phenoxy) is 2. The van der Waals surface area contributed by atoms with E-state index in [1.165, 1.54) is 0 Å². The Kier molecular flexibility index (Phi) is 5.54. The van der Waals surface area contributed by atoms with Crippen LogP contribution < -0.4 is 20.7 Å². The van der Waals surface area contributed by atoms with Crippen molar-refractivity contribution in [1.29, 1.82) is 0 Å². The van der Waals surface area contributed by atoms with Gasteiger partial charge in [0.1, 0.15) is 22.7 Å². The third-order valence-corrected chi connectivity index (χ3v) is 6.12. The van der Waals surface area contributed by atoms with Crippen LogP contribution in [0.1, 0.15) is 0 Å². The van der Waals surface area contributed by atoms with Gasteiger partial charge in [0.15, 0.2) is 9.79 Å². The number of halogens is 6. The summed E-state index contributed by atoms with van der Waals surface area (Å²) in [5.74, 6) is -1.49. The molecule has 0 saturated carbocycles. The Bertz CT molecular complexity index is 1560. The molecule has 0 bridgehead atoms. The molecule has 0 N–H and O–H groups in total. The largest absolute Gasteiger partial charge is 0.573 e. The van der Waals surface area contributed by atoms with Crippen LogP contribution in [-0.2, 0) is 9.84 Å². The first-order valence-electron chi connectivity index (χ1n) is 9.05. The first kappa shape index (κ1) is 24.1. The second kappa shape index (κ2) is 8.04. The van der Waals surface area contributed by atoms with Gasteiger partial charge in [-0.2, -0.15) is 0 Å². The molecule has 4 rings (SSSR count). The Balaban J connectivity index is 1.86. The Morgan fingerprint density at radius 1 is 0.629 bits per heavy atom. The molecular weight excluding hydrogens is 514 g/mol. The fraction of sp³-hybridized carbons (Fsp3) is 0.100. The summed E-state index contributed by atoms with van der Waals surface area (Å²) in [7, 11) is -5.02. The topological polar surface area (TPSA) is 113 Å². The molecule has 8 nitrogen and oxygen atoms in total. The number of benzene rings is 2. The smallest absolute Gasteiger partial charge is 0.422 e. The van der Waals surface area contributed by atoms with Crippen LogP contribution in [0.25, 0.3) is 21.9 Å². The number of rotatable bonds is 4. The highest BCUT2D eigenvalue weighted by molar-refractivity contribution is 7.91. The molecule has 184 valence electrons. The Morgan fingerprint density at radius 2 is 1.00 bits per heavy atom. The summed E-state index contributed by atoms with van der Waals surface area (Å²) in [5.41, 5.74) is -3.50. The quantitative estimate of drug-likeness (QED) is 0.284. The maximum absolute atomic E-state index is 13.0. The van der Waals surface area contributed by atoms with Crippen molar-refractivity contribution in [2.45, 2.75) is 22.5 Å². The molecule has 0 aliphatic heterocycles. The van der Waals surface area contributed by atoms with E-state index in [-0.39, 0.29) is 21.9 Å². The summed E-state index contributed by atoms with van der Waals surface area (Å²) in [6.07, 6.45) is -10.1. The molecule has 0 amide bonds. The lowest BCUT2D eigenvalue weighted by Gasteiger charge is -2.10. The van der Waals surface area contributed by atoms with Crippen molar-refractivity contribution in [2.75, 3.05) is 0 Å². The number of fused-ring (bicyclic) bond motifs is 2. The van der Waals surface area contributed by atoms with E-state index in [2.05, 4.69) is 9.47 Å². The van der Waals surface area contributed by atoms with Gasteiger partial charge in [-0.15, -0.1) is 26.3 Å². The van der Waals surface area contributed by atoms with Crippen molar-refractivity contribution in [1.82, 2.24) is 0 Å². The van der Waals surface area contributed by atoms with Gasteiger partial charge in [0.05, 0.1) is 0 Å². The summed E-state index contributed by atoms with van der Waals surface area (Å²) in [4.78, 5) is 22.4. The summed E-state index contributed by atoms with van der Waals surface area (Å²) in [5, 5.41) is -0.591. The molecule has 0 aliphatic rings. The van der Waals surface area contributed by atoms with Crippen LogP contribution in [0.15, 0.2) is 76.7 Å². The van der Waals surface area contributed by atoms with Gasteiger partial charge < -0.3 is 18.3 Å². The van der Waals surface area contributed by atoms with Crippen molar-refractivity contribution in [3.05, 3.63) is 69.4 Å². The Morgan fingerprint density at radius 3 is 1.34 bits per heavy atom. The van der Waals surface area contributed by atoms with Gasteiger partial charge in [-0.25, -0.2) is 18.0 Å². The predicted molar refractivity (Wildman–Crippen MR) is 104 cm³/mol. The van der Waals surface area contributed by atoms with E-state index in [9.17, 15) is 44.3 Å². The molecule has 0 saturated heterocycles. The molecule has 35 heavy (non-hydrogen) atoms. The zero-order valence-electron chi connectivity index (χ0n) is 16.6. The van der Waals surface area contributed by atoms with Crippen LogP contribution >= 0.6 is 0 Å². The van der Waals surface area contributed by atoms with E-state index in [0.717, 1.165) is 36.4 Å². The third kappa shape index (κ3) is 5.08. The second-order valence-electron chi connectivity index (χ2n) is 6.79. The maximum Gasteiger partial charge on any atom is 0.573 e. The number of hydrogen-bond donors (Lipinski definition) is 0. The highest BCUT2D eigenvalue weighted by Crippen LogP contribution is 2.30. The van der Waals surface area contributed by atoms with Gasteiger partial charge in [0.2, 0.25) is 9.84 Å². The van der Waals surface area contributed by atoms with Crippen LogP contribution in [0.2, 0.25) is 0 Å². The lowest BCUT2D eigenvalue weighted by atomic mass is 10.2. The fourth-order valence-electron chi connectivity index (χ4n) is 3.05. The summed E-state index contributed by atoms with van der Waals surface area (Å²) in [6.45, 7) is 0. The average Bonchev–Trinajstić information content (AvgIpc) is 2.70. The molecule has 0 aliphatic carbocycles. The molecule has 2 heterocycles. The zero-order chi connectivity index (χ0) is 25.8. The van der Waals surface area contributed by atoms with Gasteiger partial charge in [-0.05, 0) is 48.5 Å². The van der Waals surface area contributed by atoms with E-state index < -0.39 is 55.1 Å². The number of alkyl halides is 6. The highest BCUT2D eigenvalue weighted by Gasteiger charge is 2.33. The van der Waals surface area contributed by atoms with E-state index in [1.807, 2.05) is 0 Å². The van der Waals surface area contributed by atoms with Crippen molar-refractivity contribution < 1.29 is 53.1 Å². The molecule has 0 fully saturated rings. The molecule has 2 aromatic carbocycles. The lowest BCUT2D eigenvalue weighted by Crippen LogP contribution is -2.20. The van der Waals surface area contributed by atoms with Gasteiger partial charge in [-0.3, -0.25) is 0 Å². The van der Waals surface area contributed by atoms with Crippen LogP contribution in [0.4, 0.5) is 26.3 Å². The SMILES string of the molecule is O=c1oc2ccc(OC(F)(F)F)cc2cc1S(=O)(=O)c1cc2cc(OC(F)(F)F)ccc2oc1=O. The standard InChI is InChI=1S/C20H8F6O8S/c21-19(22,23)33-11-1-3-13-9(5-11)7-15(17(27)31-13)35(29,30)16-8-10-6-12(34-20(24,25)26)2-4-14(10)32-18(16)28/h1-8H. The maximum atomic E-state index is 13.0. The molecule has 4 aromatic rings. The fourth-order valence-corrected chi connectivity index (χ4v) is 4.38. The van der Waals surface area contributed by atoms with Gasteiger partial charge >= 0.3 is 24.0 Å². The Labute approximate surface area is 188 Å². The van der Waals surface area contributed by atoms with E-state index in [1.54, 1.807) is 0 Å². The zero-order valence-corrected chi connectivity index (χ0v) is 17.4. The monoisotopic (exact) mass is 522 g/mol. The minimum atomic E-state index is -5.06. The van der Waals surface area contributed by atoms with Gasteiger partial charge in [0, 0.05) is 10.8 Å². The van der Waals surface area contributed by atoms with Crippen molar-refractivity contribution in [2.24, 2.45) is 0 Å². The van der Waals surface area contributed by atoms with Gasteiger partial charge in [-0.1, -0.05) is 0 Å². The summed E-state index contributed by atoms with van der Waals surface area (Å²) in [6, 6.07) is 6.32. The van der Waals surface area contributed by atoms with Crippen LogP contribution in [-0.4, -0.2) is 21.1 Å². The third-order valence-electron chi connectivity index (χ3n) is 4.39. The molecule has 0 spiro atoms. The van der Waals surface area contributed by atoms with Crippen LogP contribution in [0, 0.1) is 0 Å². The molecular formula is C20H8F6O8S. The predicted octanol–water partition coefficient (Wildman–Crippen LogP) is 4.53. The minimum absolute atomic E-state index is 0.289. The van der Waals surface area contributed by atoms with E-state index in [0.29, 0.717) is 12.1 Å². The van der Waals surface area contributed by atoms with Crippen molar-refractivity contribution in [3.63, 3.8) is 0 Å². The van der Waals surface area contributed by atoms with E-state index >= 15 is 0 Å². The Hall–Kier alpha value is -4.01. The number of sulfone groups is 1. The first-order valence-corrected chi connectivity index (χ1v) is 10.5. The van der Waals surface area contributed by atoms with E-state index in [4.69, 9.17) is 8.83 Å². The average molecular weight is 522 g/mol. The molecule has 0 radical (unpaired) electrons. The van der Waals surface area contributed by atoms with Crippen LogP contribution in [0.5, 0.6) is 11.5 Å². The molecule has 2 aromatic heterocycles. The van der Waals surface area contributed by atoms with Crippen LogP contribution in [0.3, 0.4) is 0 Å². The van der Waals surface area contributed by atoms with Crippen molar-refractivity contribution >= 4 is 31.8 Å². The normalized spacial score (nSPS) is 12.7. The first-order chi connectivity index (χ1) is 16.1. The van der Waals surface area contributed by atoms with Gasteiger partial charge in [0.25, 0.3) is 0 Å². The minimum Gasteiger partial charge on any atom is -0.422 e. The number of hydrogen-bond acceptors (Lipinski definition) is 8. The van der Waals surface area contributed by atoms with Crippen molar-refractivity contribution in [3.8, 4) is 11.5 Å². The molecule has 15 heteroatoms. The second-order valence-corrected chi connectivity index (χ2v) is 8.68. The summed E-state index contributed by atoms with van der Waals surface area (Å²) < 4.78 is 118. The highest BCUT2D eigenvalue weighted by atomic mass is 32.2. The summed E-state index contributed by atoms with van der Waals surface area (Å²) >= 11 is 0.